The minimum Gasteiger partial charge on any atom is -0.480 e. The molecule has 0 aliphatic rings. The van der Waals surface area contributed by atoms with Gasteiger partial charge in [0.25, 0.3) is 0 Å². The van der Waals surface area contributed by atoms with Crippen molar-refractivity contribution in [2.24, 2.45) is 0 Å². The average molecular weight is 234 g/mol. The number of hydrogen-bond acceptors (Lipinski definition) is 4. The van der Waals surface area contributed by atoms with Gasteiger partial charge in [0.15, 0.2) is 0 Å². The molecule has 0 saturated heterocycles. The van der Waals surface area contributed by atoms with Crippen LogP contribution in [0.4, 0.5) is 0 Å². The Labute approximate surface area is 94.4 Å². The second kappa shape index (κ2) is 6.00. The minimum absolute atomic E-state index is 0.323. The van der Waals surface area contributed by atoms with E-state index in [-0.39, 0.29) is 5.97 Å². The van der Waals surface area contributed by atoms with Gasteiger partial charge >= 0.3 is 11.9 Å². The molecular formula is C10H18O4S. The zero-order valence-corrected chi connectivity index (χ0v) is 10.4. The second-order valence-corrected chi connectivity index (χ2v) is 5.41. The van der Waals surface area contributed by atoms with E-state index in [1.54, 1.807) is 20.8 Å². The molecule has 0 aromatic heterocycles. The van der Waals surface area contributed by atoms with Gasteiger partial charge in [0.1, 0.15) is 10.00 Å². The number of esters is 1. The Bertz CT molecular complexity index is 238. The lowest BCUT2D eigenvalue weighted by atomic mass is 10.2. The molecule has 0 amide bonds. The summed E-state index contributed by atoms with van der Waals surface area (Å²) in [5, 5.41) is 8.52. The van der Waals surface area contributed by atoms with Crippen molar-refractivity contribution in [3.63, 3.8) is 0 Å². The van der Waals surface area contributed by atoms with Gasteiger partial charge in [-0.25, -0.2) is 0 Å². The number of aliphatic carboxylic acids is 1. The molecule has 0 aromatic carbocycles. The summed E-state index contributed by atoms with van der Waals surface area (Å²) in [6.07, 6.45) is 0.570. The Morgan fingerprint density at radius 3 is 2.27 bits per heavy atom. The molecule has 0 spiro atoms. The van der Waals surface area contributed by atoms with Gasteiger partial charge in [0.05, 0.1) is 6.61 Å². The summed E-state index contributed by atoms with van der Waals surface area (Å²) in [4.78, 5) is 22.3. The van der Waals surface area contributed by atoms with Gasteiger partial charge < -0.3 is 9.84 Å². The highest BCUT2D eigenvalue weighted by Gasteiger charge is 2.34. The molecule has 0 heterocycles. The van der Waals surface area contributed by atoms with E-state index in [0.717, 1.165) is 11.8 Å². The predicted octanol–water partition coefficient (Wildman–Crippen LogP) is 1.92. The largest absolute Gasteiger partial charge is 0.480 e. The van der Waals surface area contributed by atoms with Gasteiger partial charge in [0.2, 0.25) is 0 Å². The van der Waals surface area contributed by atoms with Gasteiger partial charge in [-0.1, -0.05) is 6.92 Å². The van der Waals surface area contributed by atoms with Crippen LogP contribution < -0.4 is 0 Å². The molecule has 0 saturated carbocycles. The van der Waals surface area contributed by atoms with E-state index >= 15 is 0 Å². The van der Waals surface area contributed by atoms with Crippen LogP contribution in [0.15, 0.2) is 0 Å². The third-order valence-corrected chi connectivity index (χ3v) is 3.45. The number of hydrogen-bond donors (Lipinski definition) is 1. The first-order chi connectivity index (χ1) is 6.85. The zero-order valence-electron chi connectivity index (χ0n) is 9.57. The molecule has 0 aliphatic heterocycles. The predicted molar refractivity (Wildman–Crippen MR) is 60.0 cm³/mol. The second-order valence-electron chi connectivity index (χ2n) is 3.58. The molecule has 0 aromatic rings. The van der Waals surface area contributed by atoms with Crippen LogP contribution in [0.5, 0.6) is 0 Å². The summed E-state index contributed by atoms with van der Waals surface area (Å²) >= 11 is 1.13. The van der Waals surface area contributed by atoms with Crippen molar-refractivity contribution in [2.75, 3.05) is 6.61 Å². The van der Waals surface area contributed by atoms with Crippen LogP contribution in [0.25, 0.3) is 0 Å². The van der Waals surface area contributed by atoms with Crippen molar-refractivity contribution < 1.29 is 19.4 Å². The molecule has 15 heavy (non-hydrogen) atoms. The molecule has 88 valence electrons. The monoisotopic (exact) mass is 234 g/mol. The summed E-state index contributed by atoms with van der Waals surface area (Å²) in [6.45, 7) is 7.07. The summed E-state index contributed by atoms with van der Waals surface area (Å²) in [6, 6.07) is 0. The van der Waals surface area contributed by atoms with E-state index in [2.05, 4.69) is 0 Å². The Morgan fingerprint density at radius 2 is 1.93 bits per heavy atom. The number of rotatable bonds is 6. The molecule has 1 N–H and O–H groups in total. The number of ether oxygens (including phenoxy) is 1. The fourth-order valence-corrected chi connectivity index (χ4v) is 2.08. The number of carboxylic acid groups (broad SMARTS) is 1. The maximum atomic E-state index is 11.4. The van der Waals surface area contributed by atoms with Crippen LogP contribution >= 0.6 is 11.8 Å². The molecule has 1 atom stereocenters. The summed E-state index contributed by atoms with van der Waals surface area (Å²) in [5.74, 6) is -1.26. The summed E-state index contributed by atoms with van der Waals surface area (Å²) in [5.41, 5.74) is 0. The molecule has 4 nitrogen and oxygen atoms in total. The Morgan fingerprint density at radius 1 is 1.40 bits per heavy atom. The van der Waals surface area contributed by atoms with E-state index in [1.807, 2.05) is 6.92 Å². The molecular weight excluding hydrogens is 216 g/mol. The summed E-state index contributed by atoms with van der Waals surface area (Å²) < 4.78 is 3.90. The van der Waals surface area contributed by atoms with E-state index in [9.17, 15) is 9.59 Å². The molecule has 1 unspecified atom stereocenters. The standard InChI is InChI=1S/C10H18O4S/c1-5-7(8(11)14-6-2)15-10(3,4)9(12)13/h7H,5-6H2,1-4H3,(H,12,13). The van der Waals surface area contributed by atoms with E-state index in [1.165, 1.54) is 0 Å². The van der Waals surface area contributed by atoms with Gasteiger partial charge in [0, 0.05) is 0 Å². The lowest BCUT2D eigenvalue weighted by Crippen LogP contribution is -2.33. The Balaban J connectivity index is 4.45. The van der Waals surface area contributed by atoms with Crippen LogP contribution in [0.3, 0.4) is 0 Å². The van der Waals surface area contributed by atoms with Crippen LogP contribution in [-0.4, -0.2) is 33.6 Å². The fraction of sp³-hybridized carbons (Fsp3) is 0.800. The van der Waals surface area contributed by atoms with Crippen LogP contribution in [-0.2, 0) is 14.3 Å². The van der Waals surface area contributed by atoms with E-state index in [4.69, 9.17) is 9.84 Å². The lowest BCUT2D eigenvalue weighted by molar-refractivity contribution is -0.142. The number of carbonyl (C=O) groups excluding carboxylic acids is 1. The molecule has 0 bridgehead atoms. The number of thioether (sulfide) groups is 1. The first kappa shape index (κ1) is 14.3. The normalized spacial score (nSPS) is 13.3. The van der Waals surface area contributed by atoms with Crippen LogP contribution in [0, 0.1) is 0 Å². The molecule has 0 rings (SSSR count). The number of carboxylic acids is 1. The third kappa shape index (κ3) is 4.55. The van der Waals surface area contributed by atoms with E-state index < -0.39 is 16.0 Å². The Kier molecular flexibility index (Phi) is 5.72. The first-order valence-corrected chi connectivity index (χ1v) is 5.81. The van der Waals surface area contributed by atoms with E-state index in [0.29, 0.717) is 13.0 Å². The maximum Gasteiger partial charge on any atom is 0.319 e. The van der Waals surface area contributed by atoms with Crippen molar-refractivity contribution in [1.29, 1.82) is 0 Å². The number of carbonyl (C=O) groups is 2. The highest BCUT2D eigenvalue weighted by atomic mass is 32.2. The third-order valence-electron chi connectivity index (χ3n) is 1.87. The van der Waals surface area contributed by atoms with Crippen LogP contribution in [0.1, 0.15) is 34.1 Å². The lowest BCUT2D eigenvalue weighted by Gasteiger charge is -2.23. The van der Waals surface area contributed by atoms with Gasteiger partial charge in [-0.2, -0.15) is 0 Å². The fourth-order valence-electron chi connectivity index (χ4n) is 0.939. The van der Waals surface area contributed by atoms with Crippen molar-refractivity contribution >= 4 is 23.7 Å². The van der Waals surface area contributed by atoms with Gasteiger partial charge in [-0.15, -0.1) is 11.8 Å². The van der Waals surface area contributed by atoms with Gasteiger partial charge in [-0.3, -0.25) is 9.59 Å². The topological polar surface area (TPSA) is 63.6 Å². The quantitative estimate of drug-likeness (QED) is 0.711. The van der Waals surface area contributed by atoms with Crippen molar-refractivity contribution in [2.45, 2.75) is 44.1 Å². The average Bonchev–Trinajstić information content (AvgIpc) is 2.14. The van der Waals surface area contributed by atoms with Gasteiger partial charge in [-0.05, 0) is 27.2 Å². The van der Waals surface area contributed by atoms with Crippen molar-refractivity contribution in [3.8, 4) is 0 Å². The SMILES string of the molecule is CCOC(=O)C(CC)SC(C)(C)C(=O)O. The Hall–Kier alpha value is -0.710. The molecule has 0 aliphatic carbocycles. The zero-order chi connectivity index (χ0) is 12.1. The first-order valence-electron chi connectivity index (χ1n) is 4.93. The molecule has 5 heteroatoms. The minimum atomic E-state index is -0.965. The van der Waals surface area contributed by atoms with Crippen molar-refractivity contribution in [1.82, 2.24) is 0 Å². The summed E-state index contributed by atoms with van der Waals surface area (Å²) in [7, 11) is 0. The smallest absolute Gasteiger partial charge is 0.319 e. The molecule has 0 radical (unpaired) electrons. The highest BCUT2D eigenvalue weighted by Crippen LogP contribution is 2.31. The van der Waals surface area contributed by atoms with Crippen LogP contribution in [0.2, 0.25) is 0 Å². The maximum absolute atomic E-state index is 11.4. The molecule has 0 fully saturated rings. The highest BCUT2D eigenvalue weighted by molar-refractivity contribution is 8.02. The van der Waals surface area contributed by atoms with Crippen molar-refractivity contribution in [3.05, 3.63) is 0 Å².